The van der Waals surface area contributed by atoms with Crippen LogP contribution in [0.15, 0.2) is 60.8 Å². The number of anilines is 1. The van der Waals surface area contributed by atoms with Gasteiger partial charge in [0.1, 0.15) is 11.6 Å². The summed E-state index contributed by atoms with van der Waals surface area (Å²) in [5, 5.41) is 2.98. The quantitative estimate of drug-likeness (QED) is 0.666. The number of ketones is 1. The molecule has 0 aliphatic carbocycles. The minimum absolute atomic E-state index is 0.189. The largest absolute Gasteiger partial charge is 0.497 e. The van der Waals surface area contributed by atoms with Crippen LogP contribution in [-0.4, -0.2) is 12.9 Å². The maximum atomic E-state index is 12.7. The van der Waals surface area contributed by atoms with Crippen molar-refractivity contribution in [2.45, 2.75) is 0 Å². The van der Waals surface area contributed by atoms with Gasteiger partial charge in [-0.1, -0.05) is 0 Å². The van der Waals surface area contributed by atoms with E-state index in [1.165, 1.54) is 30.3 Å². The van der Waals surface area contributed by atoms with Gasteiger partial charge in [-0.15, -0.1) is 0 Å². The van der Waals surface area contributed by atoms with Gasteiger partial charge in [-0.05, 0) is 48.5 Å². The van der Waals surface area contributed by atoms with Crippen molar-refractivity contribution in [1.29, 1.82) is 0 Å². The molecule has 20 heavy (non-hydrogen) atoms. The predicted molar refractivity (Wildman–Crippen MR) is 76.5 cm³/mol. The molecular weight excluding hydrogens is 256 g/mol. The van der Waals surface area contributed by atoms with Crippen molar-refractivity contribution in [3.05, 3.63) is 72.2 Å². The van der Waals surface area contributed by atoms with Crippen molar-refractivity contribution in [3.63, 3.8) is 0 Å². The topological polar surface area (TPSA) is 38.3 Å². The molecule has 0 atom stereocenters. The summed E-state index contributed by atoms with van der Waals surface area (Å²) in [6.07, 6.45) is 2.95. The van der Waals surface area contributed by atoms with Gasteiger partial charge in [0, 0.05) is 23.5 Å². The first-order chi connectivity index (χ1) is 9.69. The number of carbonyl (C=O) groups excluding carboxylic acids is 1. The number of allylic oxidation sites excluding steroid dienone is 1. The normalized spacial score (nSPS) is 10.5. The van der Waals surface area contributed by atoms with Gasteiger partial charge in [0.2, 0.25) is 0 Å². The van der Waals surface area contributed by atoms with Crippen LogP contribution < -0.4 is 10.1 Å². The van der Waals surface area contributed by atoms with Gasteiger partial charge in [0.05, 0.1) is 7.11 Å². The Morgan fingerprint density at radius 3 is 2.35 bits per heavy atom. The molecule has 0 saturated carbocycles. The zero-order valence-electron chi connectivity index (χ0n) is 11.0. The van der Waals surface area contributed by atoms with Gasteiger partial charge >= 0.3 is 0 Å². The third kappa shape index (κ3) is 3.68. The summed E-state index contributed by atoms with van der Waals surface area (Å²) >= 11 is 0. The van der Waals surface area contributed by atoms with Crippen LogP contribution in [0.4, 0.5) is 10.1 Å². The standard InChI is InChI=1S/C16H14FNO2/c1-20-15-8-6-14(7-9-15)18-11-10-16(19)12-2-4-13(17)5-3-12/h2-11,18H,1H3/i17-1. The van der Waals surface area contributed by atoms with Crippen molar-refractivity contribution in [1.82, 2.24) is 0 Å². The average Bonchev–Trinajstić information content (AvgIpc) is 2.48. The zero-order valence-corrected chi connectivity index (χ0v) is 11.0. The summed E-state index contributed by atoms with van der Waals surface area (Å²) in [5.41, 5.74) is 1.29. The lowest BCUT2D eigenvalue weighted by atomic mass is 10.1. The third-order valence-electron chi connectivity index (χ3n) is 2.70. The molecule has 0 aliphatic heterocycles. The lowest BCUT2D eigenvalue weighted by molar-refractivity contribution is 0.104. The fourth-order valence-electron chi connectivity index (χ4n) is 1.61. The Morgan fingerprint density at radius 2 is 1.75 bits per heavy atom. The first kappa shape index (κ1) is 13.8. The van der Waals surface area contributed by atoms with E-state index in [9.17, 15) is 9.18 Å². The van der Waals surface area contributed by atoms with E-state index in [1.807, 2.05) is 24.3 Å². The minimum Gasteiger partial charge on any atom is -0.497 e. The maximum absolute atomic E-state index is 12.7. The molecule has 2 aromatic carbocycles. The highest BCUT2D eigenvalue weighted by molar-refractivity contribution is 6.04. The van der Waals surface area contributed by atoms with Crippen LogP contribution in [-0.2, 0) is 0 Å². The molecule has 102 valence electrons. The molecular formula is C16H14FNO2. The molecule has 0 aromatic heterocycles. The van der Waals surface area contributed by atoms with Crippen LogP contribution in [0, 0.1) is 5.82 Å². The molecule has 4 heteroatoms. The number of nitrogens with one attached hydrogen (secondary N) is 1. The van der Waals surface area contributed by atoms with Gasteiger partial charge < -0.3 is 10.1 Å². The van der Waals surface area contributed by atoms with E-state index in [0.717, 1.165) is 11.4 Å². The molecule has 2 rings (SSSR count). The molecule has 0 saturated heterocycles. The highest BCUT2D eigenvalue weighted by Crippen LogP contribution is 2.14. The van der Waals surface area contributed by atoms with E-state index in [0.29, 0.717) is 5.56 Å². The van der Waals surface area contributed by atoms with Crippen molar-refractivity contribution < 1.29 is 13.9 Å². The maximum Gasteiger partial charge on any atom is 0.187 e. The number of hydrogen-bond acceptors (Lipinski definition) is 3. The van der Waals surface area contributed by atoms with Crippen LogP contribution in [0.3, 0.4) is 0 Å². The fourth-order valence-corrected chi connectivity index (χ4v) is 1.61. The number of rotatable bonds is 5. The Labute approximate surface area is 116 Å². The van der Waals surface area contributed by atoms with Crippen molar-refractivity contribution >= 4 is 11.5 Å². The lowest BCUT2D eigenvalue weighted by Crippen LogP contribution is -1.96. The average molecular weight is 270 g/mol. The van der Waals surface area contributed by atoms with Crippen molar-refractivity contribution in [3.8, 4) is 5.75 Å². The molecule has 1 N–H and O–H groups in total. The molecule has 3 nitrogen and oxygen atoms in total. The van der Waals surface area contributed by atoms with E-state index in [4.69, 9.17) is 4.74 Å². The van der Waals surface area contributed by atoms with Gasteiger partial charge in [-0.3, -0.25) is 4.79 Å². The summed E-state index contributed by atoms with van der Waals surface area (Å²) < 4.78 is 17.8. The van der Waals surface area contributed by atoms with Crippen LogP contribution in [0.2, 0.25) is 0 Å². The van der Waals surface area contributed by atoms with E-state index >= 15 is 0 Å². The lowest BCUT2D eigenvalue weighted by Gasteiger charge is -2.02. The number of benzene rings is 2. The Hall–Kier alpha value is -2.62. The molecule has 2 aromatic rings. The Morgan fingerprint density at radius 1 is 1.10 bits per heavy atom. The number of halogens is 1. The van der Waals surface area contributed by atoms with Crippen molar-refractivity contribution in [2.24, 2.45) is 0 Å². The Bertz CT molecular complexity index is 603. The number of ether oxygens (including phenoxy) is 1. The van der Waals surface area contributed by atoms with Crippen LogP contribution >= 0.6 is 0 Å². The molecule has 0 fully saturated rings. The number of methoxy groups -OCH3 is 1. The second-order valence-electron chi connectivity index (χ2n) is 4.08. The minimum atomic E-state index is -0.359. The molecule has 0 bridgehead atoms. The first-order valence-electron chi connectivity index (χ1n) is 6.06. The summed E-state index contributed by atoms with van der Waals surface area (Å²) in [6.45, 7) is 0. The first-order valence-corrected chi connectivity index (χ1v) is 6.06. The van der Waals surface area contributed by atoms with Crippen LogP contribution in [0.1, 0.15) is 10.4 Å². The van der Waals surface area contributed by atoms with Gasteiger partial charge in [-0.25, -0.2) is 4.39 Å². The van der Waals surface area contributed by atoms with Crippen LogP contribution in [0.5, 0.6) is 5.75 Å². The molecule has 0 heterocycles. The highest BCUT2D eigenvalue weighted by Gasteiger charge is 2.01. The summed E-state index contributed by atoms with van der Waals surface area (Å²) in [5.74, 6) is 0.217. The molecule has 0 unspecified atom stereocenters. The van der Waals surface area contributed by atoms with E-state index < -0.39 is 0 Å². The molecule has 0 radical (unpaired) electrons. The molecule has 0 spiro atoms. The second kappa shape index (κ2) is 6.52. The summed E-state index contributed by atoms with van der Waals surface area (Å²) in [7, 11) is 1.60. The smallest absolute Gasteiger partial charge is 0.187 e. The summed E-state index contributed by atoms with van der Waals surface area (Å²) in [4.78, 5) is 11.8. The SMILES string of the molecule is COc1ccc(NC=CC(=O)c2ccc([18F])cc2)cc1. The van der Waals surface area contributed by atoms with Gasteiger partial charge in [0.25, 0.3) is 0 Å². The molecule has 0 amide bonds. The Balaban J connectivity index is 1.95. The van der Waals surface area contributed by atoms with Crippen LogP contribution in [0.25, 0.3) is 0 Å². The van der Waals surface area contributed by atoms with Gasteiger partial charge in [-0.2, -0.15) is 0 Å². The van der Waals surface area contributed by atoms with E-state index in [-0.39, 0.29) is 11.6 Å². The summed E-state index contributed by atoms with van der Waals surface area (Å²) in [6, 6.07) is 12.7. The zero-order chi connectivity index (χ0) is 14.4. The molecule has 0 aliphatic rings. The van der Waals surface area contributed by atoms with Gasteiger partial charge in [0.15, 0.2) is 5.78 Å². The van der Waals surface area contributed by atoms with Crippen molar-refractivity contribution in [2.75, 3.05) is 12.4 Å². The predicted octanol–water partition coefficient (Wildman–Crippen LogP) is 3.64. The number of hydrogen-bond donors (Lipinski definition) is 1. The highest BCUT2D eigenvalue weighted by atomic mass is 18.2. The Kier molecular flexibility index (Phi) is 4.50. The van der Waals surface area contributed by atoms with E-state index in [2.05, 4.69) is 5.32 Å². The second-order valence-corrected chi connectivity index (χ2v) is 4.08. The monoisotopic (exact) mass is 270 g/mol. The third-order valence-corrected chi connectivity index (χ3v) is 2.70. The van der Waals surface area contributed by atoms with E-state index in [1.54, 1.807) is 13.3 Å². The number of carbonyl (C=O) groups is 1. The fraction of sp³-hybridized carbons (Fsp3) is 0.0625.